The Morgan fingerprint density at radius 3 is 2.56 bits per heavy atom. The summed E-state index contributed by atoms with van der Waals surface area (Å²) in [5.74, 6) is 0.823. The Morgan fingerprint density at radius 1 is 1.39 bits per heavy atom. The van der Waals surface area contributed by atoms with Crippen molar-refractivity contribution in [3.05, 3.63) is 24.5 Å². The summed E-state index contributed by atoms with van der Waals surface area (Å²) >= 11 is 0. The maximum Gasteiger partial charge on any atom is 0.132 e. The zero-order valence-electron chi connectivity index (χ0n) is 12.4. The smallest absolute Gasteiger partial charge is 0.132 e. The number of carbonyl (C=O) groups excluding carboxylic acids is 1. The van der Waals surface area contributed by atoms with Crippen LogP contribution in [0.2, 0.25) is 0 Å². The normalized spacial score (nSPS) is 14.4. The lowest BCUT2D eigenvalue weighted by Crippen LogP contribution is -2.17. The monoisotopic (exact) mass is 252 g/mol. The number of ketones is 1. The summed E-state index contributed by atoms with van der Waals surface area (Å²) < 4.78 is 5.42. The lowest BCUT2D eigenvalue weighted by molar-refractivity contribution is -0.121. The van der Waals surface area contributed by atoms with Crippen LogP contribution in [0.15, 0.2) is 24.5 Å². The molecule has 0 bridgehead atoms. The van der Waals surface area contributed by atoms with E-state index in [1.54, 1.807) is 13.2 Å². The van der Waals surface area contributed by atoms with Gasteiger partial charge in [0.1, 0.15) is 12.4 Å². The van der Waals surface area contributed by atoms with E-state index in [0.29, 0.717) is 12.5 Å². The highest BCUT2D eigenvalue weighted by Gasteiger charge is 2.17. The van der Waals surface area contributed by atoms with E-state index in [-0.39, 0.29) is 11.7 Å². The standard InChI is InChI=1S/C16H28O2/c1-6-9-13(3)12-18-11-8-10-16(7-2)14(4)15(5)17/h8,11,14,16H,3,6-7,9-10,12H2,1-2,4-5H3/b11-8+. The first-order valence-electron chi connectivity index (χ1n) is 6.96. The van der Waals surface area contributed by atoms with E-state index < -0.39 is 0 Å². The van der Waals surface area contributed by atoms with E-state index in [1.807, 2.05) is 13.0 Å². The van der Waals surface area contributed by atoms with Crippen LogP contribution in [0.5, 0.6) is 0 Å². The second kappa shape index (κ2) is 9.93. The van der Waals surface area contributed by atoms with Gasteiger partial charge in [0, 0.05) is 5.92 Å². The van der Waals surface area contributed by atoms with E-state index in [1.165, 1.54) is 0 Å². The molecule has 18 heavy (non-hydrogen) atoms. The summed E-state index contributed by atoms with van der Waals surface area (Å²) in [5.41, 5.74) is 1.13. The average Bonchev–Trinajstić information content (AvgIpc) is 2.33. The van der Waals surface area contributed by atoms with Crippen LogP contribution in [-0.2, 0) is 9.53 Å². The van der Waals surface area contributed by atoms with Crippen LogP contribution in [0.3, 0.4) is 0 Å². The molecule has 0 N–H and O–H groups in total. The van der Waals surface area contributed by atoms with Gasteiger partial charge in [-0.05, 0) is 37.3 Å². The predicted octanol–water partition coefficient (Wildman–Crippen LogP) is 4.51. The molecule has 0 aromatic heterocycles. The van der Waals surface area contributed by atoms with Gasteiger partial charge < -0.3 is 4.74 Å². The van der Waals surface area contributed by atoms with E-state index in [9.17, 15) is 4.79 Å². The van der Waals surface area contributed by atoms with Crippen molar-refractivity contribution in [2.75, 3.05) is 6.61 Å². The molecule has 0 aromatic carbocycles. The Balaban J connectivity index is 3.91. The fraction of sp³-hybridized carbons (Fsp3) is 0.688. The minimum atomic E-state index is 0.134. The van der Waals surface area contributed by atoms with Gasteiger partial charge in [0.25, 0.3) is 0 Å². The van der Waals surface area contributed by atoms with Gasteiger partial charge in [-0.15, -0.1) is 0 Å². The molecule has 0 saturated carbocycles. The minimum Gasteiger partial charge on any atom is -0.497 e. The molecular weight excluding hydrogens is 224 g/mol. The Bertz CT molecular complexity index is 279. The molecule has 0 spiro atoms. The van der Waals surface area contributed by atoms with Crippen molar-refractivity contribution in [3.63, 3.8) is 0 Å². The second-order valence-electron chi connectivity index (χ2n) is 4.99. The first-order valence-corrected chi connectivity index (χ1v) is 6.96. The number of hydrogen-bond donors (Lipinski definition) is 0. The topological polar surface area (TPSA) is 26.3 Å². The number of rotatable bonds is 10. The maximum absolute atomic E-state index is 11.3. The molecular formula is C16H28O2. The summed E-state index contributed by atoms with van der Waals surface area (Å²) in [7, 11) is 0. The summed E-state index contributed by atoms with van der Waals surface area (Å²) in [5, 5.41) is 0. The summed E-state index contributed by atoms with van der Waals surface area (Å²) in [6, 6.07) is 0. The van der Waals surface area contributed by atoms with Crippen LogP contribution in [0.4, 0.5) is 0 Å². The third-order valence-electron chi connectivity index (χ3n) is 3.40. The van der Waals surface area contributed by atoms with Crippen molar-refractivity contribution >= 4 is 5.78 Å². The second-order valence-corrected chi connectivity index (χ2v) is 4.99. The van der Waals surface area contributed by atoms with Gasteiger partial charge in [-0.3, -0.25) is 4.79 Å². The molecule has 0 saturated heterocycles. The Kier molecular flexibility index (Phi) is 9.35. The molecule has 2 heteroatoms. The van der Waals surface area contributed by atoms with Gasteiger partial charge in [0.05, 0.1) is 6.26 Å². The first-order chi connectivity index (χ1) is 8.52. The molecule has 0 rings (SSSR count). The molecule has 0 amide bonds. The molecule has 0 aliphatic carbocycles. The molecule has 2 atom stereocenters. The number of Topliss-reactive ketones (excluding diaryl/α,β-unsaturated/α-hetero) is 1. The molecule has 2 unspecified atom stereocenters. The van der Waals surface area contributed by atoms with E-state index in [4.69, 9.17) is 4.74 Å². The van der Waals surface area contributed by atoms with Crippen molar-refractivity contribution in [1.82, 2.24) is 0 Å². The maximum atomic E-state index is 11.3. The molecule has 104 valence electrons. The quantitative estimate of drug-likeness (QED) is 0.422. The average molecular weight is 252 g/mol. The van der Waals surface area contributed by atoms with Gasteiger partial charge in [-0.25, -0.2) is 0 Å². The largest absolute Gasteiger partial charge is 0.497 e. The van der Waals surface area contributed by atoms with Crippen LogP contribution in [-0.4, -0.2) is 12.4 Å². The Morgan fingerprint density at radius 2 is 2.06 bits per heavy atom. The summed E-state index contributed by atoms with van der Waals surface area (Å²) in [6.45, 7) is 12.5. The van der Waals surface area contributed by atoms with Gasteiger partial charge in [-0.1, -0.05) is 40.2 Å². The lowest BCUT2D eigenvalue weighted by Gasteiger charge is -2.18. The summed E-state index contributed by atoms with van der Waals surface area (Å²) in [4.78, 5) is 11.3. The van der Waals surface area contributed by atoms with Crippen LogP contribution in [0.1, 0.15) is 53.4 Å². The summed E-state index contributed by atoms with van der Waals surface area (Å²) in [6.07, 6.45) is 7.82. The zero-order valence-corrected chi connectivity index (χ0v) is 12.4. The van der Waals surface area contributed by atoms with Gasteiger partial charge >= 0.3 is 0 Å². The van der Waals surface area contributed by atoms with Crippen LogP contribution >= 0.6 is 0 Å². The van der Waals surface area contributed by atoms with E-state index in [2.05, 4.69) is 20.4 Å². The van der Waals surface area contributed by atoms with E-state index in [0.717, 1.165) is 31.3 Å². The lowest BCUT2D eigenvalue weighted by atomic mass is 9.86. The first kappa shape index (κ1) is 16.9. The highest BCUT2D eigenvalue weighted by Crippen LogP contribution is 2.20. The molecule has 0 heterocycles. The van der Waals surface area contributed by atoms with Crippen molar-refractivity contribution in [2.45, 2.75) is 53.4 Å². The third-order valence-corrected chi connectivity index (χ3v) is 3.40. The number of carbonyl (C=O) groups is 1. The van der Waals surface area contributed by atoms with Crippen molar-refractivity contribution < 1.29 is 9.53 Å². The van der Waals surface area contributed by atoms with Crippen LogP contribution in [0, 0.1) is 11.8 Å². The van der Waals surface area contributed by atoms with Crippen molar-refractivity contribution in [2.24, 2.45) is 11.8 Å². The van der Waals surface area contributed by atoms with E-state index >= 15 is 0 Å². The molecule has 0 aromatic rings. The number of ether oxygens (including phenoxy) is 1. The van der Waals surface area contributed by atoms with Gasteiger partial charge in [0.15, 0.2) is 0 Å². The van der Waals surface area contributed by atoms with Crippen molar-refractivity contribution in [3.8, 4) is 0 Å². The van der Waals surface area contributed by atoms with Crippen molar-refractivity contribution in [1.29, 1.82) is 0 Å². The highest BCUT2D eigenvalue weighted by molar-refractivity contribution is 5.78. The SMILES string of the molecule is C=C(CCC)CO/C=C/CC(CC)C(C)C(C)=O. The zero-order chi connectivity index (χ0) is 14.0. The fourth-order valence-electron chi connectivity index (χ4n) is 1.95. The minimum absolute atomic E-state index is 0.134. The van der Waals surface area contributed by atoms with Crippen LogP contribution < -0.4 is 0 Å². The molecule has 0 aliphatic heterocycles. The Hall–Kier alpha value is -1.05. The predicted molar refractivity (Wildman–Crippen MR) is 77.4 cm³/mol. The number of hydrogen-bond acceptors (Lipinski definition) is 2. The van der Waals surface area contributed by atoms with Gasteiger partial charge in [0.2, 0.25) is 0 Å². The molecule has 2 nitrogen and oxygen atoms in total. The third kappa shape index (κ3) is 7.31. The number of allylic oxidation sites excluding steroid dienone is 1. The Labute approximate surface area is 112 Å². The molecule has 0 aliphatic rings. The molecule has 0 fully saturated rings. The highest BCUT2D eigenvalue weighted by atomic mass is 16.5. The molecule has 0 radical (unpaired) electrons. The fourth-order valence-corrected chi connectivity index (χ4v) is 1.95. The van der Waals surface area contributed by atoms with Crippen LogP contribution in [0.25, 0.3) is 0 Å². The van der Waals surface area contributed by atoms with Gasteiger partial charge in [-0.2, -0.15) is 0 Å².